The van der Waals surface area contributed by atoms with Gasteiger partial charge in [-0.1, -0.05) is 30.3 Å². The molecule has 1 rings (SSSR count). The molecule has 0 aliphatic rings. The third kappa shape index (κ3) is 10.9. The Labute approximate surface area is 149 Å². The highest BCUT2D eigenvalue weighted by Gasteiger charge is 2.22. The number of benzene rings is 1. The van der Waals surface area contributed by atoms with Crippen molar-refractivity contribution in [1.29, 1.82) is 5.26 Å². The third-order valence-electron chi connectivity index (χ3n) is 3.03. The van der Waals surface area contributed by atoms with Gasteiger partial charge in [0, 0.05) is 26.1 Å². The molecular formula is C15H22N2O6S2. The van der Waals surface area contributed by atoms with E-state index in [0.29, 0.717) is 13.1 Å². The molecule has 0 aliphatic heterocycles. The first-order chi connectivity index (χ1) is 11.6. The lowest BCUT2D eigenvalue weighted by molar-refractivity contribution is 0.0924. The minimum Gasteiger partial charge on any atom is -0.295 e. The maximum atomic E-state index is 11.4. The second-order valence-corrected chi connectivity index (χ2v) is 8.78. The summed E-state index contributed by atoms with van der Waals surface area (Å²) in [6, 6.07) is 11.5. The Morgan fingerprint density at radius 1 is 1.12 bits per heavy atom. The molecule has 0 N–H and O–H groups in total. The lowest BCUT2D eigenvalue weighted by Gasteiger charge is -2.26. The number of hydrogen-bond donors (Lipinski definition) is 0. The SMILES string of the molecule is CS(=O)(=O)OCC(CN(CCC#N)Cc1ccccc1)OS(C)(=O)=O. The van der Waals surface area contributed by atoms with Crippen molar-refractivity contribution in [2.75, 3.05) is 32.2 Å². The van der Waals surface area contributed by atoms with Crippen molar-refractivity contribution in [3.05, 3.63) is 35.9 Å². The Balaban J connectivity index is 2.85. The molecule has 0 radical (unpaired) electrons. The van der Waals surface area contributed by atoms with E-state index in [1.54, 1.807) is 0 Å². The molecule has 0 aliphatic carbocycles. The summed E-state index contributed by atoms with van der Waals surface area (Å²) in [5.41, 5.74) is 0.975. The number of nitrogens with zero attached hydrogens (tertiary/aromatic N) is 2. The molecule has 25 heavy (non-hydrogen) atoms. The molecule has 1 unspecified atom stereocenters. The second-order valence-electron chi connectivity index (χ2n) is 5.54. The summed E-state index contributed by atoms with van der Waals surface area (Å²) in [5.74, 6) is 0. The number of hydrogen-bond acceptors (Lipinski definition) is 8. The third-order valence-corrected chi connectivity index (χ3v) is 4.22. The van der Waals surface area contributed by atoms with Gasteiger partial charge in [0.05, 0.1) is 25.2 Å². The average Bonchev–Trinajstić information content (AvgIpc) is 2.49. The molecule has 0 saturated carbocycles. The molecule has 0 bridgehead atoms. The zero-order valence-corrected chi connectivity index (χ0v) is 15.8. The Morgan fingerprint density at radius 3 is 2.28 bits per heavy atom. The van der Waals surface area contributed by atoms with Crippen LogP contribution in [0.5, 0.6) is 0 Å². The molecule has 0 aromatic heterocycles. The molecule has 10 heteroatoms. The summed E-state index contributed by atoms with van der Waals surface area (Å²) in [4.78, 5) is 1.82. The molecule has 0 fully saturated rings. The van der Waals surface area contributed by atoms with Crippen molar-refractivity contribution in [2.45, 2.75) is 19.1 Å². The molecule has 8 nitrogen and oxygen atoms in total. The van der Waals surface area contributed by atoms with E-state index in [1.807, 2.05) is 41.3 Å². The molecule has 1 atom stereocenters. The van der Waals surface area contributed by atoms with Crippen LogP contribution in [0.4, 0.5) is 0 Å². The van der Waals surface area contributed by atoms with Gasteiger partial charge in [0.1, 0.15) is 6.10 Å². The molecule has 140 valence electrons. The van der Waals surface area contributed by atoms with Gasteiger partial charge in [-0.3, -0.25) is 13.3 Å². The molecule has 0 spiro atoms. The quantitative estimate of drug-likeness (QED) is 0.508. The maximum Gasteiger partial charge on any atom is 0.264 e. The van der Waals surface area contributed by atoms with Crippen molar-refractivity contribution in [3.63, 3.8) is 0 Å². The van der Waals surface area contributed by atoms with Gasteiger partial charge >= 0.3 is 0 Å². The van der Waals surface area contributed by atoms with Gasteiger partial charge in [0.25, 0.3) is 20.2 Å². The van der Waals surface area contributed by atoms with Gasteiger partial charge in [0.15, 0.2) is 0 Å². The summed E-state index contributed by atoms with van der Waals surface area (Å²) in [6.07, 6.45) is 0.997. The van der Waals surface area contributed by atoms with Gasteiger partial charge < -0.3 is 0 Å². The smallest absolute Gasteiger partial charge is 0.264 e. The standard InChI is InChI=1S/C15H22N2O6S2/c1-24(18,19)22-13-15(23-25(2,20)21)12-17(10-6-9-16)11-14-7-4-3-5-8-14/h3-5,7-8,15H,6,10-13H2,1-2H3. The highest BCUT2D eigenvalue weighted by Crippen LogP contribution is 2.10. The minimum atomic E-state index is -3.80. The second kappa shape index (κ2) is 9.84. The van der Waals surface area contributed by atoms with Gasteiger partial charge in [0.2, 0.25) is 0 Å². The van der Waals surface area contributed by atoms with Crippen molar-refractivity contribution >= 4 is 20.2 Å². The van der Waals surface area contributed by atoms with Crippen LogP contribution in [0, 0.1) is 11.3 Å². The topological polar surface area (TPSA) is 114 Å². The van der Waals surface area contributed by atoms with E-state index >= 15 is 0 Å². The van der Waals surface area contributed by atoms with Crippen LogP contribution in [0.25, 0.3) is 0 Å². The fourth-order valence-electron chi connectivity index (χ4n) is 2.13. The van der Waals surface area contributed by atoms with Crippen molar-refractivity contribution < 1.29 is 25.2 Å². The first-order valence-corrected chi connectivity index (χ1v) is 11.1. The summed E-state index contributed by atoms with van der Waals surface area (Å²) < 4.78 is 54.8. The van der Waals surface area contributed by atoms with Crippen LogP contribution in [0.1, 0.15) is 12.0 Å². The predicted octanol–water partition coefficient (Wildman–Crippen LogP) is 0.723. The summed E-state index contributed by atoms with van der Waals surface area (Å²) in [7, 11) is -7.53. The highest BCUT2D eigenvalue weighted by atomic mass is 32.2. The molecule has 0 saturated heterocycles. The normalized spacial score (nSPS) is 13.5. The van der Waals surface area contributed by atoms with Crippen molar-refractivity contribution in [2.24, 2.45) is 0 Å². The largest absolute Gasteiger partial charge is 0.295 e. The maximum absolute atomic E-state index is 11.4. The van der Waals surface area contributed by atoms with Crippen LogP contribution >= 0.6 is 0 Å². The Bertz CT molecular complexity index is 772. The van der Waals surface area contributed by atoms with Crippen LogP contribution in [0.3, 0.4) is 0 Å². The van der Waals surface area contributed by atoms with E-state index in [0.717, 1.165) is 18.1 Å². The fourth-order valence-corrected chi connectivity index (χ4v) is 3.14. The van der Waals surface area contributed by atoms with Crippen molar-refractivity contribution in [1.82, 2.24) is 4.90 Å². The molecule has 0 heterocycles. The van der Waals surface area contributed by atoms with E-state index in [1.165, 1.54) is 0 Å². The van der Waals surface area contributed by atoms with Gasteiger partial charge in [-0.15, -0.1) is 0 Å². The summed E-state index contributed by atoms with van der Waals surface area (Å²) >= 11 is 0. The van der Waals surface area contributed by atoms with Crippen LogP contribution in [-0.4, -0.2) is 60.0 Å². The van der Waals surface area contributed by atoms with Crippen LogP contribution in [-0.2, 0) is 35.1 Å². The molecule has 0 amide bonds. The zero-order chi connectivity index (χ0) is 18.9. The van der Waals surface area contributed by atoms with E-state index in [-0.39, 0.29) is 13.0 Å². The first kappa shape index (κ1) is 21.5. The number of rotatable bonds is 11. The van der Waals surface area contributed by atoms with Crippen molar-refractivity contribution in [3.8, 4) is 6.07 Å². The lowest BCUT2D eigenvalue weighted by Crippen LogP contribution is -2.38. The Morgan fingerprint density at radius 2 is 1.76 bits per heavy atom. The summed E-state index contributed by atoms with van der Waals surface area (Å²) in [6.45, 7) is 0.516. The van der Waals surface area contributed by atoms with E-state index < -0.39 is 32.9 Å². The van der Waals surface area contributed by atoms with Gasteiger partial charge in [-0.2, -0.15) is 22.1 Å². The fraction of sp³-hybridized carbons (Fsp3) is 0.533. The first-order valence-electron chi connectivity index (χ1n) is 7.45. The van der Waals surface area contributed by atoms with Crippen LogP contribution in [0.2, 0.25) is 0 Å². The minimum absolute atomic E-state index is 0.0964. The Hall–Kier alpha value is -1.51. The number of nitriles is 1. The van der Waals surface area contributed by atoms with E-state index in [4.69, 9.17) is 9.44 Å². The van der Waals surface area contributed by atoms with Gasteiger partial charge in [-0.05, 0) is 5.56 Å². The summed E-state index contributed by atoms with van der Waals surface area (Å²) in [5, 5.41) is 8.80. The van der Waals surface area contributed by atoms with Crippen LogP contribution < -0.4 is 0 Å². The van der Waals surface area contributed by atoms with E-state index in [9.17, 15) is 16.8 Å². The van der Waals surface area contributed by atoms with E-state index in [2.05, 4.69) is 4.18 Å². The molecule has 1 aromatic rings. The monoisotopic (exact) mass is 390 g/mol. The molecular weight excluding hydrogens is 368 g/mol. The lowest BCUT2D eigenvalue weighted by atomic mass is 10.2. The zero-order valence-electron chi connectivity index (χ0n) is 14.2. The molecule has 1 aromatic carbocycles. The van der Waals surface area contributed by atoms with Gasteiger partial charge in [-0.25, -0.2) is 0 Å². The predicted molar refractivity (Wildman–Crippen MR) is 92.5 cm³/mol. The Kier molecular flexibility index (Phi) is 8.47. The van der Waals surface area contributed by atoms with Crippen LogP contribution in [0.15, 0.2) is 30.3 Å². The highest BCUT2D eigenvalue weighted by molar-refractivity contribution is 7.86. The average molecular weight is 390 g/mol.